The maximum Gasteiger partial charge on any atom is 0.257 e. The number of likely N-dealkylation sites (N-methyl/N-ethyl adjacent to an activating group) is 1. The Bertz CT molecular complexity index is 1320. The molecule has 1 amide bonds. The molecule has 32 heavy (non-hydrogen) atoms. The number of rotatable bonds is 3. The monoisotopic (exact) mass is 456 g/mol. The van der Waals surface area contributed by atoms with E-state index < -0.39 is 28.0 Å². The molecule has 3 heterocycles. The molecule has 0 aliphatic carbocycles. The molecule has 1 fully saturated rings. The quantitative estimate of drug-likeness (QED) is 0.603. The van der Waals surface area contributed by atoms with E-state index in [1.54, 1.807) is 30.1 Å². The summed E-state index contributed by atoms with van der Waals surface area (Å²) in [6.07, 6.45) is 3.02. The Hall–Kier alpha value is -3.24. The summed E-state index contributed by atoms with van der Waals surface area (Å²) in [6, 6.07) is 9.78. The van der Waals surface area contributed by atoms with Gasteiger partial charge in [-0.1, -0.05) is 12.1 Å². The molecule has 3 aromatic rings. The van der Waals surface area contributed by atoms with Crippen molar-refractivity contribution in [2.75, 3.05) is 20.1 Å². The minimum absolute atomic E-state index is 0.0533. The molecule has 2 atom stereocenters. The lowest BCUT2D eigenvalue weighted by atomic mass is 10.1. The van der Waals surface area contributed by atoms with Crippen molar-refractivity contribution < 1.29 is 22.3 Å². The van der Waals surface area contributed by atoms with Gasteiger partial charge in [-0.2, -0.15) is 9.40 Å². The number of carbonyl (C=O) groups is 1. The van der Waals surface area contributed by atoms with Crippen LogP contribution in [0.5, 0.6) is 5.75 Å². The van der Waals surface area contributed by atoms with Crippen LogP contribution >= 0.6 is 0 Å². The second-order valence-corrected chi connectivity index (χ2v) is 9.97. The zero-order valence-corrected chi connectivity index (χ0v) is 18.3. The zero-order chi connectivity index (χ0) is 22.6. The molecule has 0 saturated carbocycles. The number of benzene rings is 2. The molecule has 2 unspecified atom stereocenters. The number of amides is 1. The number of sulfonamides is 1. The fraction of sp³-hybridized carbons (Fsp3) is 0.273. The van der Waals surface area contributed by atoms with Gasteiger partial charge in [0.05, 0.1) is 29.2 Å². The van der Waals surface area contributed by atoms with E-state index in [2.05, 4.69) is 5.10 Å². The van der Waals surface area contributed by atoms with E-state index in [9.17, 15) is 17.6 Å². The number of halogens is 1. The molecule has 8 nitrogen and oxygen atoms in total. The maximum atomic E-state index is 13.6. The lowest BCUT2D eigenvalue weighted by Crippen LogP contribution is -2.44. The normalized spacial score (nSPS) is 21.1. The highest BCUT2D eigenvalue weighted by atomic mass is 32.2. The topological polar surface area (TPSA) is 84.7 Å². The minimum Gasteiger partial charge on any atom is -0.486 e. The highest BCUT2D eigenvalue weighted by molar-refractivity contribution is 7.89. The summed E-state index contributed by atoms with van der Waals surface area (Å²) in [5.41, 5.74) is 2.14. The number of aryl methyl sites for hydroxylation is 1. The van der Waals surface area contributed by atoms with Gasteiger partial charge in [-0.05, 0) is 35.9 Å². The van der Waals surface area contributed by atoms with E-state index in [4.69, 9.17) is 4.74 Å². The molecule has 0 radical (unpaired) electrons. The van der Waals surface area contributed by atoms with E-state index >= 15 is 0 Å². The number of fused-ring (bicyclic) bond motifs is 2. The molecular weight excluding hydrogens is 435 g/mol. The van der Waals surface area contributed by atoms with Gasteiger partial charge in [0.2, 0.25) is 10.0 Å². The standard InChI is InChI=1S/C22H21FN4O4S/c1-25-11-15(10-24-25)14-6-7-18-20(8-14)31-21-13-27(12-19(21)26(2)22(18)28)32(29,30)17-5-3-4-16(23)9-17/h3-11,19,21H,12-13H2,1-2H3. The molecule has 1 aromatic heterocycles. The highest BCUT2D eigenvalue weighted by Crippen LogP contribution is 2.35. The summed E-state index contributed by atoms with van der Waals surface area (Å²) < 4.78 is 48.9. The Morgan fingerprint density at radius 2 is 1.91 bits per heavy atom. The summed E-state index contributed by atoms with van der Waals surface area (Å²) in [4.78, 5) is 14.5. The molecule has 2 aromatic carbocycles. The van der Waals surface area contributed by atoms with E-state index in [0.717, 1.165) is 17.2 Å². The molecule has 0 spiro atoms. The number of ether oxygens (including phenoxy) is 1. The van der Waals surface area contributed by atoms with Crippen molar-refractivity contribution >= 4 is 15.9 Å². The van der Waals surface area contributed by atoms with Crippen molar-refractivity contribution in [3.63, 3.8) is 0 Å². The third-order valence-electron chi connectivity index (χ3n) is 5.98. The van der Waals surface area contributed by atoms with Crippen molar-refractivity contribution in [1.29, 1.82) is 0 Å². The molecule has 166 valence electrons. The van der Waals surface area contributed by atoms with Crippen LogP contribution in [0.1, 0.15) is 10.4 Å². The van der Waals surface area contributed by atoms with Crippen LogP contribution in [-0.4, -0.2) is 65.6 Å². The van der Waals surface area contributed by atoms with Gasteiger partial charge in [-0.15, -0.1) is 0 Å². The number of carbonyl (C=O) groups excluding carboxylic acids is 1. The smallest absolute Gasteiger partial charge is 0.257 e. The molecule has 2 aliphatic rings. The molecular formula is C22H21FN4O4S. The lowest BCUT2D eigenvalue weighted by Gasteiger charge is -2.25. The summed E-state index contributed by atoms with van der Waals surface area (Å²) in [5.74, 6) is -0.462. The van der Waals surface area contributed by atoms with Crippen molar-refractivity contribution in [3.8, 4) is 16.9 Å². The van der Waals surface area contributed by atoms with Crippen LogP contribution in [0.15, 0.2) is 59.8 Å². The maximum absolute atomic E-state index is 13.6. The molecule has 0 N–H and O–H groups in total. The highest BCUT2D eigenvalue weighted by Gasteiger charge is 2.46. The molecule has 1 saturated heterocycles. The number of hydrogen-bond acceptors (Lipinski definition) is 5. The van der Waals surface area contributed by atoms with Crippen LogP contribution in [0.3, 0.4) is 0 Å². The molecule has 2 aliphatic heterocycles. The third-order valence-corrected chi connectivity index (χ3v) is 7.81. The number of hydrogen-bond donors (Lipinski definition) is 0. The average molecular weight is 456 g/mol. The summed E-state index contributed by atoms with van der Waals surface area (Å²) >= 11 is 0. The first kappa shape index (κ1) is 20.7. The largest absolute Gasteiger partial charge is 0.486 e. The van der Waals surface area contributed by atoms with Crippen LogP contribution in [0.25, 0.3) is 11.1 Å². The summed E-state index contributed by atoms with van der Waals surface area (Å²) in [5, 5.41) is 4.18. The first-order chi connectivity index (χ1) is 15.2. The zero-order valence-electron chi connectivity index (χ0n) is 17.5. The Balaban J connectivity index is 1.48. The minimum atomic E-state index is -3.93. The predicted molar refractivity (Wildman–Crippen MR) is 114 cm³/mol. The second-order valence-electron chi connectivity index (χ2n) is 8.03. The Morgan fingerprint density at radius 3 is 2.62 bits per heavy atom. The van der Waals surface area contributed by atoms with Crippen LogP contribution in [0.4, 0.5) is 4.39 Å². The van der Waals surface area contributed by atoms with Gasteiger partial charge in [0.15, 0.2) is 0 Å². The van der Waals surface area contributed by atoms with Crippen LogP contribution in [0.2, 0.25) is 0 Å². The van der Waals surface area contributed by atoms with Crippen LogP contribution < -0.4 is 4.74 Å². The van der Waals surface area contributed by atoms with Crippen molar-refractivity contribution in [2.45, 2.75) is 17.0 Å². The van der Waals surface area contributed by atoms with Gasteiger partial charge in [-0.3, -0.25) is 9.48 Å². The van der Waals surface area contributed by atoms with Crippen molar-refractivity contribution in [2.24, 2.45) is 7.05 Å². The van der Waals surface area contributed by atoms with Gasteiger partial charge in [0.1, 0.15) is 17.7 Å². The van der Waals surface area contributed by atoms with Gasteiger partial charge in [0, 0.05) is 32.4 Å². The van der Waals surface area contributed by atoms with Crippen molar-refractivity contribution in [3.05, 3.63) is 66.2 Å². The fourth-order valence-electron chi connectivity index (χ4n) is 4.23. The van der Waals surface area contributed by atoms with Gasteiger partial charge < -0.3 is 9.64 Å². The van der Waals surface area contributed by atoms with E-state index in [1.807, 2.05) is 19.3 Å². The first-order valence-electron chi connectivity index (χ1n) is 10.1. The number of aromatic nitrogens is 2. The first-order valence-corrected chi connectivity index (χ1v) is 11.5. The number of nitrogens with zero attached hydrogens (tertiary/aromatic N) is 4. The van der Waals surface area contributed by atoms with Gasteiger partial charge in [-0.25, -0.2) is 12.8 Å². The van der Waals surface area contributed by atoms with Gasteiger partial charge >= 0.3 is 0 Å². The predicted octanol–water partition coefficient (Wildman–Crippen LogP) is 2.13. The SMILES string of the molecule is CN1C(=O)c2ccc(-c3cnn(C)c3)cc2OC2CN(S(=O)(=O)c3cccc(F)c3)CC21. The Labute approximate surface area is 184 Å². The van der Waals surface area contributed by atoms with E-state index in [0.29, 0.717) is 11.3 Å². The van der Waals surface area contributed by atoms with Crippen LogP contribution in [0, 0.1) is 5.82 Å². The van der Waals surface area contributed by atoms with E-state index in [1.165, 1.54) is 27.4 Å². The second kappa shape index (κ2) is 7.42. The van der Waals surface area contributed by atoms with Crippen LogP contribution in [-0.2, 0) is 17.1 Å². The summed E-state index contributed by atoms with van der Waals surface area (Å²) in [6.45, 7) is 0.118. The molecule has 10 heteroatoms. The third kappa shape index (κ3) is 3.35. The Morgan fingerprint density at radius 1 is 1.09 bits per heavy atom. The van der Waals surface area contributed by atoms with E-state index in [-0.39, 0.29) is 23.9 Å². The summed E-state index contributed by atoms with van der Waals surface area (Å²) in [7, 11) is -0.471. The molecule has 5 rings (SSSR count). The average Bonchev–Trinajstić information content (AvgIpc) is 3.37. The lowest BCUT2D eigenvalue weighted by molar-refractivity contribution is 0.0683. The van der Waals surface area contributed by atoms with Gasteiger partial charge in [0.25, 0.3) is 5.91 Å². The molecule has 0 bridgehead atoms. The van der Waals surface area contributed by atoms with Crippen molar-refractivity contribution in [1.82, 2.24) is 19.0 Å². The Kier molecular flexibility index (Phi) is 4.79. The fourth-order valence-corrected chi connectivity index (χ4v) is 5.74.